The molecule has 0 saturated carbocycles. The van der Waals surface area contributed by atoms with Crippen LogP contribution >= 0.6 is 54.5 Å². The Morgan fingerprint density at radius 3 is 1.77 bits per heavy atom. The van der Waals surface area contributed by atoms with Gasteiger partial charge in [-0.25, -0.2) is 14.6 Å². The molecule has 0 aliphatic carbocycles. The number of halogens is 3. The zero-order chi connectivity index (χ0) is 39.2. The van der Waals surface area contributed by atoms with Crippen molar-refractivity contribution in [1.82, 2.24) is 14.8 Å². The molecule has 286 valence electrons. The largest absolute Gasteiger partial charge is 0.490 e. The standard InChI is InChI=1S/C16H28BNO4.C15H20BrN3O2.C6H5BrIN/c1-14(2,3)20-13(19)18-10-8-12(9-11-18)17-21-15(4,5)16(6,7)22-17;1-15(2,3)21-14(20)19-6-4-10(5-7-19)11-8-12(16)13(17)18-9-11;7-5-3-4(8)1-2-6(5)9/h8H,9-11H2,1-7H3;4,8-9H,5-7H2,1-3H3,(H2,17,18);1-3H,9H2. The molecule has 4 N–H and O–H groups in total. The lowest BCUT2D eigenvalue weighted by Gasteiger charge is -2.32. The molecular weight excluding hydrogens is 908 g/mol. The summed E-state index contributed by atoms with van der Waals surface area (Å²) in [6.07, 6.45) is 6.80. The number of aromatic nitrogens is 1. The first-order valence-electron chi connectivity index (χ1n) is 17.2. The Morgan fingerprint density at radius 1 is 0.846 bits per heavy atom. The number of carbonyl (C=O) groups excluding carboxylic acids is 2. The highest BCUT2D eigenvalue weighted by Crippen LogP contribution is 2.39. The fourth-order valence-corrected chi connectivity index (χ4v) is 6.58. The molecule has 4 heterocycles. The van der Waals surface area contributed by atoms with Gasteiger partial charge < -0.3 is 40.0 Å². The summed E-state index contributed by atoms with van der Waals surface area (Å²) < 4.78 is 25.8. The van der Waals surface area contributed by atoms with E-state index in [0.29, 0.717) is 32.0 Å². The van der Waals surface area contributed by atoms with Crippen LogP contribution in [0.2, 0.25) is 0 Å². The van der Waals surface area contributed by atoms with Crippen molar-refractivity contribution in [2.24, 2.45) is 0 Å². The number of anilines is 2. The number of pyridine rings is 1. The van der Waals surface area contributed by atoms with Gasteiger partial charge in [0, 0.05) is 46.1 Å². The average Bonchev–Trinajstić information content (AvgIpc) is 3.25. The molecule has 52 heavy (non-hydrogen) atoms. The van der Waals surface area contributed by atoms with Gasteiger partial charge in [0.25, 0.3) is 0 Å². The molecule has 3 aliphatic heterocycles. The third kappa shape index (κ3) is 13.2. The molecule has 1 aromatic heterocycles. The van der Waals surface area contributed by atoms with Crippen molar-refractivity contribution in [3.05, 3.63) is 66.2 Å². The average molecular weight is 961 g/mol. The van der Waals surface area contributed by atoms with E-state index in [1.807, 2.05) is 106 Å². The SMILES string of the molecule is CC(C)(C)OC(=O)N1CC=C(B2OC(C)(C)C(C)(C)O2)CC1.CC(C)(C)OC(=O)N1CC=C(c2cnc(N)c(Br)c2)CC1.Nc1ccc(I)cc1Br. The molecule has 1 fully saturated rings. The second kappa shape index (κ2) is 17.9. The lowest BCUT2D eigenvalue weighted by atomic mass is 9.75. The van der Waals surface area contributed by atoms with E-state index in [1.165, 1.54) is 9.14 Å². The van der Waals surface area contributed by atoms with E-state index >= 15 is 0 Å². The van der Waals surface area contributed by atoms with E-state index in [1.54, 1.807) is 16.0 Å². The van der Waals surface area contributed by atoms with Crippen LogP contribution in [-0.4, -0.2) is 82.7 Å². The van der Waals surface area contributed by atoms with E-state index in [4.69, 9.17) is 30.2 Å². The molecule has 5 rings (SSSR count). The molecule has 11 nitrogen and oxygen atoms in total. The van der Waals surface area contributed by atoms with Crippen molar-refractivity contribution in [3.8, 4) is 0 Å². The molecule has 0 atom stereocenters. The number of benzene rings is 1. The molecule has 1 saturated heterocycles. The molecule has 0 unspecified atom stereocenters. The fraction of sp³-hybridized carbons (Fsp3) is 0.541. The van der Waals surface area contributed by atoms with Gasteiger partial charge in [-0.15, -0.1) is 0 Å². The summed E-state index contributed by atoms with van der Waals surface area (Å²) in [4.78, 5) is 31.6. The second-order valence-electron chi connectivity index (χ2n) is 15.7. The summed E-state index contributed by atoms with van der Waals surface area (Å²) in [5.74, 6) is 0.477. The molecule has 0 radical (unpaired) electrons. The lowest BCUT2D eigenvalue weighted by Crippen LogP contribution is -2.41. The second-order valence-corrected chi connectivity index (χ2v) is 18.7. The third-order valence-electron chi connectivity index (χ3n) is 8.52. The molecule has 0 bridgehead atoms. The highest BCUT2D eigenvalue weighted by molar-refractivity contribution is 14.1. The van der Waals surface area contributed by atoms with E-state index in [0.717, 1.165) is 38.5 Å². The Kier molecular flexibility index (Phi) is 15.1. The number of ether oxygens (including phenoxy) is 2. The summed E-state index contributed by atoms with van der Waals surface area (Å²) in [7, 11) is -0.314. The van der Waals surface area contributed by atoms with Crippen LogP contribution in [0.4, 0.5) is 21.1 Å². The molecule has 2 aromatic rings. The van der Waals surface area contributed by atoms with Crippen LogP contribution in [0.5, 0.6) is 0 Å². The number of hydrogen-bond donors (Lipinski definition) is 2. The predicted molar refractivity (Wildman–Crippen MR) is 225 cm³/mol. The van der Waals surface area contributed by atoms with Crippen LogP contribution < -0.4 is 11.5 Å². The first-order chi connectivity index (χ1) is 23.9. The van der Waals surface area contributed by atoms with Gasteiger partial charge in [0.2, 0.25) is 0 Å². The van der Waals surface area contributed by atoms with Gasteiger partial charge in [-0.2, -0.15) is 0 Å². The molecule has 15 heteroatoms. The molecular formula is C37H53BBr2IN5O6. The maximum Gasteiger partial charge on any atom is 0.490 e. The number of carbonyl (C=O) groups is 2. The van der Waals surface area contributed by atoms with Crippen molar-refractivity contribution in [1.29, 1.82) is 0 Å². The summed E-state index contributed by atoms with van der Waals surface area (Å²) >= 11 is 8.93. The van der Waals surface area contributed by atoms with Crippen molar-refractivity contribution in [2.75, 3.05) is 37.6 Å². The van der Waals surface area contributed by atoms with Gasteiger partial charge in [0.05, 0.1) is 15.7 Å². The number of nitrogens with zero attached hydrogens (tertiary/aromatic N) is 3. The number of hydrogen-bond acceptors (Lipinski definition) is 9. The lowest BCUT2D eigenvalue weighted by molar-refractivity contribution is 0.00578. The summed E-state index contributed by atoms with van der Waals surface area (Å²) in [5.41, 5.74) is 13.7. The van der Waals surface area contributed by atoms with Crippen LogP contribution in [0, 0.1) is 3.57 Å². The van der Waals surface area contributed by atoms with Crippen molar-refractivity contribution in [3.63, 3.8) is 0 Å². The maximum atomic E-state index is 12.1. The maximum absolute atomic E-state index is 12.1. The van der Waals surface area contributed by atoms with Gasteiger partial charge >= 0.3 is 19.3 Å². The zero-order valence-electron chi connectivity index (χ0n) is 31.9. The third-order valence-corrected chi connectivity index (χ3v) is 10.5. The Bertz CT molecular complexity index is 1640. The van der Waals surface area contributed by atoms with Gasteiger partial charge in [0.15, 0.2) is 0 Å². The van der Waals surface area contributed by atoms with Crippen LogP contribution in [0.25, 0.3) is 5.57 Å². The normalized spacial score (nSPS) is 18.2. The summed E-state index contributed by atoms with van der Waals surface area (Å²) in [5, 5.41) is 0. The minimum atomic E-state index is -0.465. The van der Waals surface area contributed by atoms with Crippen LogP contribution in [0.3, 0.4) is 0 Å². The number of nitrogen functional groups attached to an aromatic ring is 2. The van der Waals surface area contributed by atoms with E-state index in [2.05, 4.69) is 59.4 Å². The van der Waals surface area contributed by atoms with Gasteiger partial charge in [-0.3, -0.25) is 0 Å². The topological polar surface area (TPSA) is 142 Å². The van der Waals surface area contributed by atoms with Crippen molar-refractivity contribution >= 4 is 90.8 Å². The van der Waals surface area contributed by atoms with E-state index in [9.17, 15) is 9.59 Å². The molecule has 3 aliphatic rings. The number of rotatable bonds is 2. The molecule has 2 amide bonds. The van der Waals surface area contributed by atoms with Crippen LogP contribution in [0.1, 0.15) is 87.6 Å². The zero-order valence-corrected chi connectivity index (χ0v) is 37.3. The highest BCUT2D eigenvalue weighted by atomic mass is 127. The summed E-state index contributed by atoms with van der Waals surface area (Å²) in [6, 6.07) is 7.79. The van der Waals surface area contributed by atoms with Gasteiger partial charge in [0.1, 0.15) is 17.0 Å². The van der Waals surface area contributed by atoms with Crippen LogP contribution in [-0.2, 0) is 18.8 Å². The quantitative estimate of drug-likeness (QED) is 0.171. The highest BCUT2D eigenvalue weighted by Gasteiger charge is 2.52. The predicted octanol–water partition coefficient (Wildman–Crippen LogP) is 9.27. The summed E-state index contributed by atoms with van der Waals surface area (Å²) in [6.45, 7) is 21.8. The fourth-order valence-electron chi connectivity index (χ4n) is 4.93. The monoisotopic (exact) mass is 959 g/mol. The van der Waals surface area contributed by atoms with E-state index in [-0.39, 0.29) is 30.5 Å². The Balaban J connectivity index is 0.000000228. The minimum absolute atomic E-state index is 0.267. The Labute approximate surface area is 340 Å². The van der Waals surface area contributed by atoms with Crippen molar-refractivity contribution < 1.29 is 28.4 Å². The number of nitrogens with two attached hydrogens (primary N) is 2. The Hall–Kier alpha value is -2.34. The van der Waals surface area contributed by atoms with E-state index < -0.39 is 11.2 Å². The number of amides is 2. The van der Waals surface area contributed by atoms with Crippen LogP contribution in [0.15, 0.2) is 57.0 Å². The van der Waals surface area contributed by atoms with Gasteiger partial charge in [-0.1, -0.05) is 12.2 Å². The minimum Gasteiger partial charge on any atom is -0.444 e. The van der Waals surface area contributed by atoms with Crippen molar-refractivity contribution in [2.45, 2.75) is 104 Å². The first kappa shape index (κ1) is 44.1. The van der Waals surface area contributed by atoms with Gasteiger partial charge in [-0.05, 0) is 177 Å². The molecule has 1 aromatic carbocycles. The smallest absolute Gasteiger partial charge is 0.444 e. The Morgan fingerprint density at radius 2 is 1.37 bits per heavy atom. The first-order valence-corrected chi connectivity index (χ1v) is 19.9. The molecule has 0 spiro atoms.